The third kappa shape index (κ3) is 1.46. The van der Waals surface area contributed by atoms with Gasteiger partial charge in [-0.1, -0.05) is 27.7 Å². The molecule has 3 nitrogen and oxygen atoms in total. The van der Waals surface area contributed by atoms with E-state index >= 15 is 0 Å². The highest BCUT2D eigenvalue weighted by atomic mass is 19.1. The SMILES string of the molecule is CC1(C)c2cc(F)cnc2-c2cncnc2C1(C)C. The normalized spacial score (nSPS) is 18.6. The van der Waals surface area contributed by atoms with Gasteiger partial charge in [-0.15, -0.1) is 0 Å². The first-order valence-electron chi connectivity index (χ1n) is 6.32. The summed E-state index contributed by atoms with van der Waals surface area (Å²) in [5, 5.41) is 0. The number of rotatable bonds is 0. The average Bonchev–Trinajstić information content (AvgIpc) is 2.37. The minimum atomic E-state index is -0.303. The Labute approximate surface area is 111 Å². The van der Waals surface area contributed by atoms with E-state index in [1.54, 1.807) is 18.6 Å². The molecule has 2 aromatic rings. The molecule has 1 aliphatic carbocycles. The van der Waals surface area contributed by atoms with Gasteiger partial charge in [0.25, 0.3) is 0 Å². The summed E-state index contributed by atoms with van der Waals surface area (Å²) in [5.41, 5.74) is 3.12. The monoisotopic (exact) mass is 257 g/mol. The summed E-state index contributed by atoms with van der Waals surface area (Å²) in [6, 6.07) is 1.58. The van der Waals surface area contributed by atoms with Gasteiger partial charge in [0.2, 0.25) is 0 Å². The lowest BCUT2D eigenvalue weighted by atomic mass is 9.58. The maximum absolute atomic E-state index is 13.6. The fourth-order valence-corrected chi connectivity index (χ4v) is 2.76. The zero-order valence-corrected chi connectivity index (χ0v) is 11.5. The van der Waals surface area contributed by atoms with E-state index in [-0.39, 0.29) is 16.6 Å². The van der Waals surface area contributed by atoms with Gasteiger partial charge >= 0.3 is 0 Å². The molecule has 98 valence electrons. The summed E-state index contributed by atoms with van der Waals surface area (Å²) in [6.45, 7) is 8.48. The summed E-state index contributed by atoms with van der Waals surface area (Å²) < 4.78 is 13.6. The highest BCUT2D eigenvalue weighted by Gasteiger charge is 2.47. The molecular weight excluding hydrogens is 241 g/mol. The van der Waals surface area contributed by atoms with Crippen LogP contribution in [0.4, 0.5) is 4.39 Å². The number of hydrogen-bond acceptors (Lipinski definition) is 3. The van der Waals surface area contributed by atoms with Gasteiger partial charge in [-0.05, 0) is 11.6 Å². The number of nitrogens with zero attached hydrogens (tertiary/aromatic N) is 3. The summed E-state index contributed by atoms with van der Waals surface area (Å²) in [5.74, 6) is -0.303. The zero-order chi connectivity index (χ0) is 13.8. The molecule has 0 saturated heterocycles. The maximum Gasteiger partial charge on any atom is 0.141 e. The molecule has 2 aromatic heterocycles. The molecule has 0 atom stereocenters. The van der Waals surface area contributed by atoms with E-state index < -0.39 is 0 Å². The number of halogens is 1. The molecule has 1 aliphatic rings. The first kappa shape index (κ1) is 12.2. The van der Waals surface area contributed by atoms with Crippen LogP contribution < -0.4 is 0 Å². The first-order valence-corrected chi connectivity index (χ1v) is 6.32. The number of pyridine rings is 1. The maximum atomic E-state index is 13.6. The van der Waals surface area contributed by atoms with Crippen LogP contribution >= 0.6 is 0 Å². The molecule has 0 spiro atoms. The lowest BCUT2D eigenvalue weighted by molar-refractivity contribution is 0.289. The largest absolute Gasteiger partial charge is 0.253 e. The molecule has 0 bridgehead atoms. The van der Waals surface area contributed by atoms with Gasteiger partial charge in [0, 0.05) is 22.6 Å². The Morgan fingerprint density at radius 3 is 2.47 bits per heavy atom. The predicted octanol–water partition coefficient (Wildman–Crippen LogP) is 3.25. The van der Waals surface area contributed by atoms with Crippen LogP contribution in [-0.2, 0) is 10.8 Å². The van der Waals surface area contributed by atoms with Gasteiger partial charge in [-0.25, -0.2) is 14.4 Å². The topological polar surface area (TPSA) is 38.7 Å². The highest BCUT2D eigenvalue weighted by Crippen LogP contribution is 2.51. The van der Waals surface area contributed by atoms with Gasteiger partial charge < -0.3 is 0 Å². The smallest absolute Gasteiger partial charge is 0.141 e. The molecule has 0 fully saturated rings. The Hall–Kier alpha value is -1.84. The van der Waals surface area contributed by atoms with Crippen molar-refractivity contribution >= 4 is 0 Å². The summed E-state index contributed by atoms with van der Waals surface area (Å²) in [7, 11) is 0. The van der Waals surface area contributed by atoms with Crippen molar-refractivity contribution in [1.82, 2.24) is 15.0 Å². The minimum Gasteiger partial charge on any atom is -0.253 e. The van der Waals surface area contributed by atoms with E-state index in [9.17, 15) is 4.39 Å². The molecule has 0 aliphatic heterocycles. The Morgan fingerprint density at radius 1 is 1.00 bits per heavy atom. The Morgan fingerprint density at radius 2 is 1.74 bits per heavy atom. The number of fused-ring (bicyclic) bond motifs is 3. The summed E-state index contributed by atoms with van der Waals surface area (Å²) >= 11 is 0. The van der Waals surface area contributed by atoms with Crippen LogP contribution in [0.3, 0.4) is 0 Å². The van der Waals surface area contributed by atoms with Crippen LogP contribution in [0, 0.1) is 5.82 Å². The van der Waals surface area contributed by atoms with Crippen LogP contribution in [-0.4, -0.2) is 15.0 Å². The van der Waals surface area contributed by atoms with Gasteiger partial charge in [-0.3, -0.25) is 4.98 Å². The van der Waals surface area contributed by atoms with Crippen LogP contribution in [0.5, 0.6) is 0 Å². The van der Waals surface area contributed by atoms with Crippen molar-refractivity contribution in [3.63, 3.8) is 0 Å². The van der Waals surface area contributed by atoms with Gasteiger partial charge in [0.05, 0.1) is 17.6 Å². The molecule has 2 heterocycles. The van der Waals surface area contributed by atoms with Crippen molar-refractivity contribution < 1.29 is 4.39 Å². The quantitative estimate of drug-likeness (QED) is 0.727. The first-order chi connectivity index (χ1) is 8.85. The standard InChI is InChI=1S/C15H16FN3/c1-14(2)11-5-9(16)6-18-12(11)10-7-17-8-19-13(10)15(14,3)4/h5-8H,1-4H3. The van der Waals surface area contributed by atoms with Crippen LogP contribution in [0.15, 0.2) is 24.8 Å². The minimum absolute atomic E-state index is 0.215. The fraction of sp³-hybridized carbons (Fsp3) is 0.400. The second-order valence-corrected chi connectivity index (χ2v) is 6.08. The Balaban J connectivity index is 2.43. The molecule has 0 unspecified atom stereocenters. The number of aromatic nitrogens is 3. The Kier molecular flexibility index (Phi) is 2.31. The molecule has 0 radical (unpaired) electrons. The van der Waals surface area contributed by atoms with Crippen LogP contribution in [0.2, 0.25) is 0 Å². The molecule has 0 amide bonds. The van der Waals surface area contributed by atoms with E-state index in [1.807, 2.05) is 0 Å². The van der Waals surface area contributed by atoms with E-state index in [0.717, 1.165) is 22.5 Å². The molecule has 0 N–H and O–H groups in total. The summed E-state index contributed by atoms with van der Waals surface area (Å²) in [4.78, 5) is 12.8. The van der Waals surface area contributed by atoms with E-state index in [0.29, 0.717) is 0 Å². The third-order valence-electron chi connectivity index (χ3n) is 4.65. The average molecular weight is 257 g/mol. The van der Waals surface area contributed by atoms with Crippen molar-refractivity contribution in [1.29, 1.82) is 0 Å². The lowest BCUT2D eigenvalue weighted by Gasteiger charge is -2.46. The van der Waals surface area contributed by atoms with Crippen molar-refractivity contribution in [3.05, 3.63) is 41.9 Å². The Bertz CT molecular complexity index is 662. The fourth-order valence-electron chi connectivity index (χ4n) is 2.76. The zero-order valence-electron chi connectivity index (χ0n) is 11.5. The molecule has 3 rings (SSSR count). The number of hydrogen-bond donors (Lipinski definition) is 0. The molecule has 4 heteroatoms. The summed E-state index contributed by atoms with van der Waals surface area (Å²) in [6.07, 6.45) is 4.58. The van der Waals surface area contributed by atoms with Crippen LogP contribution in [0.1, 0.15) is 39.0 Å². The van der Waals surface area contributed by atoms with Gasteiger partial charge in [0.15, 0.2) is 0 Å². The van der Waals surface area contributed by atoms with Crippen molar-refractivity contribution in [2.24, 2.45) is 0 Å². The highest BCUT2D eigenvalue weighted by molar-refractivity contribution is 5.71. The predicted molar refractivity (Wildman–Crippen MR) is 71.3 cm³/mol. The third-order valence-corrected chi connectivity index (χ3v) is 4.65. The lowest BCUT2D eigenvalue weighted by Crippen LogP contribution is -2.44. The van der Waals surface area contributed by atoms with Crippen molar-refractivity contribution in [3.8, 4) is 11.3 Å². The van der Waals surface area contributed by atoms with Crippen molar-refractivity contribution in [2.45, 2.75) is 38.5 Å². The molecule has 0 saturated carbocycles. The van der Waals surface area contributed by atoms with Crippen LogP contribution in [0.25, 0.3) is 11.3 Å². The van der Waals surface area contributed by atoms with E-state index in [2.05, 4.69) is 42.6 Å². The van der Waals surface area contributed by atoms with Gasteiger partial charge in [-0.2, -0.15) is 0 Å². The second-order valence-electron chi connectivity index (χ2n) is 6.08. The van der Waals surface area contributed by atoms with Crippen molar-refractivity contribution in [2.75, 3.05) is 0 Å². The molecular formula is C15H16FN3. The molecule has 19 heavy (non-hydrogen) atoms. The second kappa shape index (κ2) is 3.59. The van der Waals surface area contributed by atoms with E-state index in [1.165, 1.54) is 6.20 Å². The van der Waals surface area contributed by atoms with E-state index in [4.69, 9.17) is 0 Å². The van der Waals surface area contributed by atoms with Gasteiger partial charge in [0.1, 0.15) is 12.1 Å². The molecule has 0 aromatic carbocycles.